The Morgan fingerprint density at radius 1 is 1.41 bits per heavy atom. The van der Waals surface area contributed by atoms with Crippen LogP contribution in [-0.4, -0.2) is 46.3 Å². The number of hydrogen-bond acceptors (Lipinski definition) is 4. The van der Waals surface area contributed by atoms with Crippen molar-refractivity contribution in [2.45, 2.75) is 6.54 Å². The van der Waals surface area contributed by atoms with Crippen molar-refractivity contribution in [2.75, 3.05) is 26.0 Å². The summed E-state index contributed by atoms with van der Waals surface area (Å²) in [5.41, 5.74) is -0.0630. The number of nitrogens with one attached hydrogen (secondary N) is 1. The van der Waals surface area contributed by atoms with Gasteiger partial charge in [-0.1, -0.05) is 0 Å². The van der Waals surface area contributed by atoms with Gasteiger partial charge in [-0.05, 0) is 26.2 Å². The number of phenolic OH excluding ortho intramolecular Hbond substituents is 1. The molecule has 0 aliphatic carbocycles. The fraction of sp³-hybridized carbons (Fsp3) is 0.286. The molecule has 0 spiro atoms. The van der Waals surface area contributed by atoms with Crippen molar-refractivity contribution in [3.8, 4) is 5.75 Å². The topological polar surface area (TPSA) is 70.4 Å². The van der Waals surface area contributed by atoms with Crippen molar-refractivity contribution in [2.24, 2.45) is 0 Å². The first-order valence-corrected chi connectivity index (χ1v) is 6.54. The van der Waals surface area contributed by atoms with Gasteiger partial charge >= 0.3 is 0 Å². The summed E-state index contributed by atoms with van der Waals surface area (Å²) in [4.78, 5) is 14.0. The first-order chi connectivity index (χ1) is 10.4. The fourth-order valence-corrected chi connectivity index (χ4v) is 1.74. The van der Waals surface area contributed by atoms with Gasteiger partial charge in [0.25, 0.3) is 5.91 Å². The van der Waals surface area contributed by atoms with Crippen LogP contribution in [0.3, 0.4) is 0 Å². The Kier molecular flexibility index (Phi) is 4.71. The van der Waals surface area contributed by atoms with E-state index in [0.29, 0.717) is 6.54 Å². The number of amides is 1. The van der Waals surface area contributed by atoms with Gasteiger partial charge in [-0.3, -0.25) is 9.48 Å². The Balaban J connectivity index is 2.08. The number of nitrogens with zero attached hydrogens (tertiary/aromatic N) is 3. The average Bonchev–Trinajstić information content (AvgIpc) is 2.95. The molecule has 1 aromatic carbocycles. The normalized spacial score (nSPS) is 11.0. The minimum absolute atomic E-state index is 0.238. The fourth-order valence-electron chi connectivity index (χ4n) is 1.74. The van der Waals surface area contributed by atoms with Gasteiger partial charge in [0.15, 0.2) is 17.4 Å². The van der Waals surface area contributed by atoms with E-state index in [2.05, 4.69) is 10.4 Å². The largest absolute Gasteiger partial charge is 0.503 e. The van der Waals surface area contributed by atoms with E-state index in [1.165, 1.54) is 12.4 Å². The first kappa shape index (κ1) is 15.9. The van der Waals surface area contributed by atoms with Gasteiger partial charge in [0.2, 0.25) is 0 Å². The zero-order valence-electron chi connectivity index (χ0n) is 12.2. The summed E-state index contributed by atoms with van der Waals surface area (Å²) in [5, 5.41) is 15.5. The number of benzene rings is 1. The number of likely N-dealkylation sites (N-methyl/N-ethyl adjacent to an activating group) is 1. The van der Waals surface area contributed by atoms with Crippen LogP contribution in [0.5, 0.6) is 5.75 Å². The molecule has 0 saturated heterocycles. The van der Waals surface area contributed by atoms with Crippen LogP contribution in [0.25, 0.3) is 0 Å². The van der Waals surface area contributed by atoms with Crippen LogP contribution in [0.1, 0.15) is 10.4 Å². The van der Waals surface area contributed by atoms with Gasteiger partial charge in [-0.2, -0.15) is 5.10 Å². The van der Waals surface area contributed by atoms with E-state index in [1.54, 1.807) is 4.68 Å². The molecule has 0 aliphatic rings. The summed E-state index contributed by atoms with van der Waals surface area (Å²) in [6, 6.07) is 1.91. The van der Waals surface area contributed by atoms with Crippen LogP contribution in [-0.2, 0) is 6.54 Å². The number of anilines is 1. The summed E-state index contributed by atoms with van der Waals surface area (Å²) in [6.07, 6.45) is 2.88. The molecule has 1 amide bonds. The lowest BCUT2D eigenvalue weighted by Crippen LogP contribution is -2.18. The number of carbonyl (C=O) groups excluding carboxylic acids is 1. The molecule has 6 nitrogen and oxygen atoms in total. The number of aromatic nitrogens is 2. The van der Waals surface area contributed by atoms with Crippen LogP contribution in [0.15, 0.2) is 24.5 Å². The minimum Gasteiger partial charge on any atom is -0.503 e. The molecule has 1 heterocycles. The summed E-state index contributed by atoms with van der Waals surface area (Å²) in [7, 11) is 3.84. The van der Waals surface area contributed by atoms with Crippen molar-refractivity contribution in [3.05, 3.63) is 41.7 Å². The number of carbonyl (C=O) groups is 1. The third-order valence-electron chi connectivity index (χ3n) is 2.99. The highest BCUT2D eigenvalue weighted by molar-refractivity contribution is 6.04. The Hall–Kier alpha value is -2.48. The van der Waals surface area contributed by atoms with Crippen molar-refractivity contribution in [1.29, 1.82) is 0 Å². The maximum atomic E-state index is 13.6. The number of rotatable bonds is 5. The minimum atomic E-state index is -1.21. The van der Waals surface area contributed by atoms with Crippen LogP contribution in [0, 0.1) is 11.6 Å². The van der Waals surface area contributed by atoms with E-state index in [1.807, 2.05) is 19.0 Å². The molecule has 0 radical (unpaired) electrons. The van der Waals surface area contributed by atoms with Crippen molar-refractivity contribution < 1.29 is 18.7 Å². The Labute approximate surface area is 126 Å². The van der Waals surface area contributed by atoms with Crippen molar-refractivity contribution in [3.63, 3.8) is 0 Å². The molecule has 0 aliphatic heterocycles. The van der Waals surface area contributed by atoms with E-state index in [4.69, 9.17) is 0 Å². The maximum Gasteiger partial charge on any atom is 0.258 e. The smallest absolute Gasteiger partial charge is 0.258 e. The maximum absolute atomic E-state index is 13.6. The molecule has 8 heteroatoms. The average molecular weight is 310 g/mol. The van der Waals surface area contributed by atoms with E-state index in [-0.39, 0.29) is 11.3 Å². The molecular formula is C14H16F2N4O2. The lowest BCUT2D eigenvalue weighted by atomic mass is 10.2. The number of halogens is 2. The quantitative estimate of drug-likeness (QED) is 0.881. The van der Waals surface area contributed by atoms with Gasteiger partial charge in [-0.15, -0.1) is 0 Å². The summed E-state index contributed by atoms with van der Waals surface area (Å²) < 4.78 is 28.2. The third-order valence-corrected chi connectivity index (χ3v) is 2.99. The van der Waals surface area contributed by atoms with Gasteiger partial charge in [0, 0.05) is 12.7 Å². The molecule has 118 valence electrons. The second kappa shape index (κ2) is 6.52. The number of phenols is 1. The van der Waals surface area contributed by atoms with Crippen LogP contribution < -0.4 is 5.32 Å². The van der Waals surface area contributed by atoms with Crippen molar-refractivity contribution >= 4 is 11.6 Å². The molecule has 1 aromatic heterocycles. The molecule has 22 heavy (non-hydrogen) atoms. The van der Waals surface area contributed by atoms with Gasteiger partial charge in [0.05, 0.1) is 24.0 Å². The zero-order chi connectivity index (χ0) is 16.3. The number of hydrogen-bond donors (Lipinski definition) is 2. The Morgan fingerprint density at radius 2 is 2.14 bits per heavy atom. The first-order valence-electron chi connectivity index (χ1n) is 6.54. The predicted octanol–water partition coefficient (Wildman–Crippen LogP) is 1.68. The lowest BCUT2D eigenvalue weighted by molar-refractivity contribution is 0.102. The van der Waals surface area contributed by atoms with Crippen LogP contribution >= 0.6 is 0 Å². The van der Waals surface area contributed by atoms with Crippen LogP contribution in [0.2, 0.25) is 0 Å². The lowest BCUT2D eigenvalue weighted by Gasteiger charge is -2.08. The monoisotopic (exact) mass is 310 g/mol. The molecular weight excluding hydrogens is 294 g/mol. The van der Waals surface area contributed by atoms with Crippen molar-refractivity contribution in [1.82, 2.24) is 14.7 Å². The Bertz CT molecular complexity index is 685. The summed E-state index contributed by atoms with van der Waals surface area (Å²) in [6.45, 7) is 1.36. The standard InChI is InChI=1S/C14H16F2N4O2/c1-19(2)5-6-20-8-9(7-17-20)14(22)18-11-4-3-10(15)13(21)12(11)16/h3-4,7-8,21H,5-6H2,1-2H3,(H,18,22). The highest BCUT2D eigenvalue weighted by Crippen LogP contribution is 2.26. The van der Waals surface area contributed by atoms with E-state index >= 15 is 0 Å². The van der Waals surface area contributed by atoms with E-state index in [9.17, 15) is 18.7 Å². The molecule has 0 saturated carbocycles. The van der Waals surface area contributed by atoms with Crippen LogP contribution in [0.4, 0.5) is 14.5 Å². The van der Waals surface area contributed by atoms with Gasteiger partial charge in [-0.25, -0.2) is 8.78 Å². The number of aromatic hydroxyl groups is 1. The molecule has 0 bridgehead atoms. The summed E-state index contributed by atoms with van der Waals surface area (Å²) in [5.74, 6) is -4.03. The molecule has 2 N–H and O–H groups in total. The van der Waals surface area contributed by atoms with E-state index < -0.39 is 23.3 Å². The molecule has 2 rings (SSSR count). The summed E-state index contributed by atoms with van der Waals surface area (Å²) >= 11 is 0. The highest BCUT2D eigenvalue weighted by Gasteiger charge is 2.16. The second-order valence-electron chi connectivity index (χ2n) is 5.01. The van der Waals surface area contributed by atoms with Gasteiger partial charge < -0.3 is 15.3 Å². The molecule has 0 atom stereocenters. The molecule has 2 aromatic rings. The SMILES string of the molecule is CN(C)CCn1cc(C(=O)Nc2ccc(F)c(O)c2F)cn1. The zero-order valence-corrected chi connectivity index (χ0v) is 12.2. The van der Waals surface area contributed by atoms with E-state index in [0.717, 1.165) is 18.7 Å². The van der Waals surface area contributed by atoms with Gasteiger partial charge in [0.1, 0.15) is 0 Å². The third kappa shape index (κ3) is 3.59. The molecule has 0 unspecified atom stereocenters. The molecule has 0 fully saturated rings. The second-order valence-corrected chi connectivity index (χ2v) is 5.01. The predicted molar refractivity (Wildman–Crippen MR) is 76.8 cm³/mol. The Morgan fingerprint density at radius 3 is 2.82 bits per heavy atom. The highest BCUT2D eigenvalue weighted by atomic mass is 19.1.